The van der Waals surface area contributed by atoms with E-state index < -0.39 is 0 Å². The number of likely N-dealkylation sites (N-methyl/N-ethyl adjacent to an activating group) is 1. The maximum Gasteiger partial charge on any atom is 0.260 e. The fourth-order valence-corrected chi connectivity index (χ4v) is 2.08. The third-order valence-electron chi connectivity index (χ3n) is 3.48. The smallest absolute Gasteiger partial charge is 0.260 e. The van der Waals surface area contributed by atoms with Gasteiger partial charge in [0.25, 0.3) is 5.91 Å². The maximum atomic E-state index is 12.1. The summed E-state index contributed by atoms with van der Waals surface area (Å²) < 4.78 is 16.2. The fraction of sp³-hybridized carbons (Fsp3) is 0.316. The van der Waals surface area contributed by atoms with Crippen LogP contribution in [-0.4, -0.2) is 44.7 Å². The Morgan fingerprint density at radius 2 is 1.67 bits per heavy atom. The first kappa shape index (κ1) is 17.7. The topological polar surface area (TPSA) is 48.0 Å². The van der Waals surface area contributed by atoms with Crippen molar-refractivity contribution in [3.8, 4) is 17.2 Å². The second-order valence-electron chi connectivity index (χ2n) is 5.30. The lowest BCUT2D eigenvalue weighted by Gasteiger charge is -2.17. The highest BCUT2D eigenvalue weighted by molar-refractivity contribution is 5.77. The highest BCUT2D eigenvalue weighted by atomic mass is 16.5. The molecule has 2 aromatic rings. The van der Waals surface area contributed by atoms with E-state index in [1.165, 1.54) is 0 Å². The molecule has 0 aliphatic heterocycles. The van der Waals surface area contributed by atoms with Gasteiger partial charge in [0.05, 0.1) is 13.7 Å². The monoisotopic (exact) mass is 329 g/mol. The first-order valence-electron chi connectivity index (χ1n) is 7.87. The number of benzene rings is 2. The van der Waals surface area contributed by atoms with Crippen LogP contribution in [0.3, 0.4) is 0 Å². The van der Waals surface area contributed by atoms with Gasteiger partial charge in [0.15, 0.2) is 6.61 Å². The molecule has 0 bridgehead atoms. The summed E-state index contributed by atoms with van der Waals surface area (Å²) in [6, 6.07) is 16.8. The van der Waals surface area contributed by atoms with Crippen molar-refractivity contribution in [2.75, 3.05) is 33.9 Å². The molecule has 0 atom stereocenters. The van der Waals surface area contributed by atoms with Crippen molar-refractivity contribution in [3.63, 3.8) is 0 Å². The lowest BCUT2D eigenvalue weighted by atomic mass is 10.3. The van der Waals surface area contributed by atoms with Crippen molar-refractivity contribution >= 4 is 5.91 Å². The van der Waals surface area contributed by atoms with Crippen LogP contribution in [0.4, 0.5) is 0 Å². The molecule has 24 heavy (non-hydrogen) atoms. The van der Waals surface area contributed by atoms with Crippen LogP contribution in [0.2, 0.25) is 0 Å². The molecule has 2 rings (SSSR count). The molecule has 0 aliphatic rings. The summed E-state index contributed by atoms with van der Waals surface area (Å²) >= 11 is 0. The van der Waals surface area contributed by atoms with Crippen molar-refractivity contribution in [2.45, 2.75) is 6.42 Å². The molecule has 0 saturated carbocycles. The molecule has 5 nitrogen and oxygen atoms in total. The van der Waals surface area contributed by atoms with Gasteiger partial charge in [-0.2, -0.15) is 0 Å². The van der Waals surface area contributed by atoms with Gasteiger partial charge >= 0.3 is 0 Å². The molecular weight excluding hydrogens is 306 g/mol. The number of hydrogen-bond acceptors (Lipinski definition) is 4. The van der Waals surface area contributed by atoms with Gasteiger partial charge < -0.3 is 19.1 Å². The van der Waals surface area contributed by atoms with Crippen LogP contribution in [0, 0.1) is 0 Å². The van der Waals surface area contributed by atoms with Crippen molar-refractivity contribution in [1.82, 2.24) is 4.90 Å². The molecule has 0 aromatic heterocycles. The number of hydrogen-bond donors (Lipinski definition) is 0. The van der Waals surface area contributed by atoms with Crippen molar-refractivity contribution < 1.29 is 19.0 Å². The molecule has 128 valence electrons. The predicted octanol–water partition coefficient (Wildman–Crippen LogP) is 3.00. The van der Waals surface area contributed by atoms with Gasteiger partial charge in [-0.15, -0.1) is 0 Å². The third kappa shape index (κ3) is 5.83. The number of carbonyl (C=O) groups excluding carboxylic acids is 1. The van der Waals surface area contributed by atoms with Crippen LogP contribution >= 0.6 is 0 Å². The van der Waals surface area contributed by atoms with E-state index in [0.717, 1.165) is 12.2 Å². The average Bonchev–Trinajstić information content (AvgIpc) is 2.64. The summed E-state index contributed by atoms with van der Waals surface area (Å²) in [5, 5.41) is 0. The van der Waals surface area contributed by atoms with Crippen LogP contribution < -0.4 is 14.2 Å². The summed E-state index contributed by atoms with van der Waals surface area (Å²) in [7, 11) is 3.36. The van der Waals surface area contributed by atoms with Gasteiger partial charge in [-0.25, -0.2) is 0 Å². The Hall–Kier alpha value is -2.69. The van der Waals surface area contributed by atoms with Crippen LogP contribution in [0.5, 0.6) is 17.2 Å². The number of amides is 1. The first-order chi connectivity index (χ1) is 11.7. The summed E-state index contributed by atoms with van der Waals surface area (Å²) in [6.07, 6.45) is 0.760. The highest BCUT2D eigenvalue weighted by Gasteiger charge is 2.09. The molecule has 0 fully saturated rings. The molecule has 0 spiro atoms. The predicted molar refractivity (Wildman–Crippen MR) is 92.7 cm³/mol. The summed E-state index contributed by atoms with van der Waals surface area (Å²) in [5.41, 5.74) is 0. The lowest BCUT2D eigenvalue weighted by molar-refractivity contribution is -0.132. The van der Waals surface area contributed by atoms with Gasteiger partial charge in [0, 0.05) is 19.7 Å². The van der Waals surface area contributed by atoms with E-state index in [9.17, 15) is 4.79 Å². The standard InChI is InChI=1S/C19H23NO4/c1-20(12-7-13-23-16-8-4-3-5-9-16)19(21)15-24-18-11-6-10-17(14-18)22-2/h3-6,8-11,14H,7,12-13,15H2,1-2H3. The minimum atomic E-state index is -0.0717. The Balaban J connectivity index is 1.66. The van der Waals surface area contributed by atoms with Crippen LogP contribution in [0.15, 0.2) is 54.6 Å². The van der Waals surface area contributed by atoms with E-state index in [2.05, 4.69) is 0 Å². The van der Waals surface area contributed by atoms with Gasteiger partial charge in [-0.05, 0) is 30.7 Å². The molecule has 0 N–H and O–H groups in total. The summed E-state index contributed by atoms with van der Waals surface area (Å²) in [6.45, 7) is 1.19. The summed E-state index contributed by atoms with van der Waals surface area (Å²) in [5.74, 6) is 2.08. The zero-order valence-electron chi connectivity index (χ0n) is 14.1. The zero-order chi connectivity index (χ0) is 17.2. The lowest BCUT2D eigenvalue weighted by Crippen LogP contribution is -2.32. The van der Waals surface area contributed by atoms with E-state index in [1.807, 2.05) is 42.5 Å². The van der Waals surface area contributed by atoms with E-state index in [-0.39, 0.29) is 12.5 Å². The molecule has 0 radical (unpaired) electrons. The van der Waals surface area contributed by atoms with Crippen LogP contribution in [0.25, 0.3) is 0 Å². The normalized spacial score (nSPS) is 10.1. The van der Waals surface area contributed by atoms with Gasteiger partial charge in [-0.1, -0.05) is 24.3 Å². The number of ether oxygens (including phenoxy) is 3. The Kier molecular flexibility index (Phi) is 6.95. The van der Waals surface area contributed by atoms with E-state index >= 15 is 0 Å². The Morgan fingerprint density at radius 1 is 0.958 bits per heavy atom. The van der Waals surface area contributed by atoms with E-state index in [4.69, 9.17) is 14.2 Å². The minimum Gasteiger partial charge on any atom is -0.497 e. The summed E-state index contributed by atoms with van der Waals surface area (Å²) in [4.78, 5) is 13.7. The van der Waals surface area contributed by atoms with E-state index in [1.54, 1.807) is 31.2 Å². The molecule has 1 amide bonds. The number of nitrogens with zero attached hydrogens (tertiary/aromatic N) is 1. The Labute approximate surface area is 142 Å². The number of para-hydroxylation sites is 1. The van der Waals surface area contributed by atoms with Gasteiger partial charge in [0.1, 0.15) is 17.2 Å². The number of rotatable bonds is 9. The molecular formula is C19H23NO4. The van der Waals surface area contributed by atoms with Crippen LogP contribution in [0.1, 0.15) is 6.42 Å². The molecule has 0 unspecified atom stereocenters. The Bertz CT molecular complexity index is 630. The SMILES string of the molecule is COc1cccc(OCC(=O)N(C)CCCOc2ccccc2)c1. The first-order valence-corrected chi connectivity index (χ1v) is 7.87. The molecule has 5 heteroatoms. The number of carbonyl (C=O) groups is 1. The second kappa shape index (κ2) is 9.45. The molecule has 0 heterocycles. The van der Waals surface area contributed by atoms with Gasteiger partial charge in [-0.3, -0.25) is 4.79 Å². The maximum absolute atomic E-state index is 12.1. The van der Waals surface area contributed by atoms with Crippen molar-refractivity contribution in [2.24, 2.45) is 0 Å². The highest BCUT2D eigenvalue weighted by Crippen LogP contribution is 2.18. The van der Waals surface area contributed by atoms with Crippen molar-refractivity contribution in [3.05, 3.63) is 54.6 Å². The number of methoxy groups -OCH3 is 1. The zero-order valence-corrected chi connectivity index (χ0v) is 14.1. The average molecular weight is 329 g/mol. The van der Waals surface area contributed by atoms with Crippen molar-refractivity contribution in [1.29, 1.82) is 0 Å². The quantitative estimate of drug-likeness (QED) is 0.664. The fourth-order valence-electron chi connectivity index (χ4n) is 2.08. The largest absolute Gasteiger partial charge is 0.497 e. The Morgan fingerprint density at radius 3 is 2.42 bits per heavy atom. The molecule has 0 saturated heterocycles. The molecule has 0 aliphatic carbocycles. The van der Waals surface area contributed by atoms with Crippen LogP contribution in [-0.2, 0) is 4.79 Å². The second-order valence-corrected chi connectivity index (χ2v) is 5.30. The molecule has 2 aromatic carbocycles. The third-order valence-corrected chi connectivity index (χ3v) is 3.48. The van der Waals surface area contributed by atoms with Gasteiger partial charge in [0.2, 0.25) is 0 Å². The van der Waals surface area contributed by atoms with E-state index in [0.29, 0.717) is 24.7 Å². The minimum absolute atomic E-state index is 0.00318.